The van der Waals surface area contributed by atoms with Crippen LogP contribution in [0.3, 0.4) is 0 Å². The molecule has 0 N–H and O–H groups in total. The summed E-state index contributed by atoms with van der Waals surface area (Å²) in [5, 5.41) is 9.19. The maximum Gasteiger partial charge on any atom is 0.311 e. The van der Waals surface area contributed by atoms with Crippen LogP contribution in [0.25, 0.3) is 0 Å². The summed E-state index contributed by atoms with van der Waals surface area (Å²) < 4.78 is 4.66. The molecule has 1 saturated heterocycles. The Morgan fingerprint density at radius 1 is 1.53 bits per heavy atom. The average molecular weight is 258 g/mol. The van der Waals surface area contributed by atoms with Crippen molar-refractivity contribution in [3.63, 3.8) is 0 Å². The predicted octanol–water partition coefficient (Wildman–Crippen LogP) is 1.39. The molecule has 19 heavy (non-hydrogen) atoms. The molecule has 2 rings (SSSR count). The van der Waals surface area contributed by atoms with E-state index < -0.39 is 5.92 Å². The van der Waals surface area contributed by atoms with Crippen molar-refractivity contribution in [1.82, 2.24) is 0 Å². The van der Waals surface area contributed by atoms with Gasteiger partial charge in [0.25, 0.3) is 0 Å². The number of rotatable bonds is 2. The lowest BCUT2D eigenvalue weighted by molar-refractivity contribution is -0.145. The zero-order valence-corrected chi connectivity index (χ0v) is 10.8. The largest absolute Gasteiger partial charge is 0.469 e. The first-order chi connectivity index (χ1) is 9.08. The molecule has 1 unspecified atom stereocenters. The third-order valence-electron chi connectivity index (χ3n) is 3.31. The molecule has 1 heterocycles. The number of benzene rings is 1. The fourth-order valence-corrected chi connectivity index (χ4v) is 2.29. The number of carbonyl (C=O) groups excluding carboxylic acids is 2. The summed E-state index contributed by atoms with van der Waals surface area (Å²) in [7, 11) is 1.31. The lowest BCUT2D eigenvalue weighted by Gasteiger charge is -2.18. The molecule has 1 aliphatic rings. The van der Waals surface area contributed by atoms with Crippen LogP contribution in [0.1, 0.15) is 17.5 Å². The topological polar surface area (TPSA) is 70.4 Å². The number of ether oxygens (including phenoxy) is 1. The van der Waals surface area contributed by atoms with Gasteiger partial charge in [-0.05, 0) is 18.6 Å². The fraction of sp³-hybridized carbons (Fsp3) is 0.357. The van der Waals surface area contributed by atoms with E-state index >= 15 is 0 Å². The molecule has 1 atom stereocenters. The summed E-state index contributed by atoms with van der Waals surface area (Å²) >= 11 is 0. The molecule has 98 valence electrons. The second-order valence-electron chi connectivity index (χ2n) is 4.51. The van der Waals surface area contributed by atoms with Crippen molar-refractivity contribution < 1.29 is 14.3 Å². The second kappa shape index (κ2) is 5.11. The van der Waals surface area contributed by atoms with Crippen LogP contribution in [0, 0.1) is 24.2 Å². The van der Waals surface area contributed by atoms with Gasteiger partial charge < -0.3 is 9.64 Å². The van der Waals surface area contributed by atoms with Gasteiger partial charge in [0.2, 0.25) is 5.91 Å². The highest BCUT2D eigenvalue weighted by atomic mass is 16.5. The van der Waals surface area contributed by atoms with Crippen LogP contribution >= 0.6 is 0 Å². The smallest absolute Gasteiger partial charge is 0.311 e. The molecule has 1 aliphatic heterocycles. The molecule has 0 aromatic heterocycles. The molecule has 5 nitrogen and oxygen atoms in total. The monoisotopic (exact) mass is 258 g/mol. The first-order valence-electron chi connectivity index (χ1n) is 5.96. The summed E-state index contributed by atoms with van der Waals surface area (Å²) in [5.74, 6) is -0.996. The Labute approximate surface area is 111 Å². The minimum atomic E-state index is -0.454. The minimum absolute atomic E-state index is 0.130. The van der Waals surface area contributed by atoms with Crippen LogP contribution in [0.5, 0.6) is 0 Å². The standard InChI is InChI=1S/C14H14N2O3/c1-9-4-3-5-12(11(9)7-15)16-8-10(6-13(16)17)14(18)19-2/h3-5,10H,6,8H2,1-2H3. The van der Waals surface area contributed by atoms with Gasteiger partial charge in [-0.1, -0.05) is 12.1 Å². The highest BCUT2D eigenvalue weighted by Crippen LogP contribution is 2.29. The van der Waals surface area contributed by atoms with Crippen molar-refractivity contribution in [1.29, 1.82) is 5.26 Å². The van der Waals surface area contributed by atoms with Crippen LogP contribution in [-0.4, -0.2) is 25.5 Å². The lowest BCUT2D eigenvalue weighted by Crippen LogP contribution is -2.27. The molecule has 0 spiro atoms. The Hall–Kier alpha value is -2.35. The van der Waals surface area contributed by atoms with Gasteiger partial charge in [-0.25, -0.2) is 0 Å². The van der Waals surface area contributed by atoms with Crippen LogP contribution in [-0.2, 0) is 14.3 Å². The molecule has 0 radical (unpaired) electrons. The number of esters is 1. The molecule has 1 aromatic rings. The highest BCUT2D eigenvalue weighted by Gasteiger charge is 2.36. The minimum Gasteiger partial charge on any atom is -0.469 e. The number of anilines is 1. The number of nitriles is 1. The van der Waals surface area contributed by atoms with Crippen LogP contribution in [0.4, 0.5) is 5.69 Å². The summed E-state index contributed by atoms with van der Waals surface area (Å²) in [4.78, 5) is 25.0. The van der Waals surface area contributed by atoms with Crippen molar-refractivity contribution in [2.24, 2.45) is 5.92 Å². The van der Waals surface area contributed by atoms with E-state index in [4.69, 9.17) is 0 Å². The van der Waals surface area contributed by atoms with Crippen molar-refractivity contribution in [2.45, 2.75) is 13.3 Å². The van der Waals surface area contributed by atoms with Crippen molar-refractivity contribution in [3.8, 4) is 6.07 Å². The van der Waals surface area contributed by atoms with E-state index in [2.05, 4.69) is 10.8 Å². The number of carbonyl (C=O) groups is 2. The average Bonchev–Trinajstić information content (AvgIpc) is 2.79. The van der Waals surface area contributed by atoms with E-state index in [0.717, 1.165) is 5.56 Å². The molecular weight excluding hydrogens is 244 g/mol. The van der Waals surface area contributed by atoms with Gasteiger partial charge in [-0.3, -0.25) is 9.59 Å². The third kappa shape index (κ3) is 2.29. The van der Waals surface area contributed by atoms with Gasteiger partial charge in [0.15, 0.2) is 0 Å². The van der Waals surface area contributed by atoms with Gasteiger partial charge in [-0.2, -0.15) is 5.26 Å². The Bertz CT molecular complexity index is 575. The fourth-order valence-electron chi connectivity index (χ4n) is 2.29. The Morgan fingerprint density at radius 2 is 2.26 bits per heavy atom. The molecule has 5 heteroatoms. The van der Waals surface area contributed by atoms with Gasteiger partial charge in [0, 0.05) is 13.0 Å². The second-order valence-corrected chi connectivity index (χ2v) is 4.51. The van der Waals surface area contributed by atoms with Crippen LogP contribution < -0.4 is 4.90 Å². The zero-order chi connectivity index (χ0) is 14.0. The Balaban J connectivity index is 2.34. The third-order valence-corrected chi connectivity index (χ3v) is 3.31. The van der Waals surface area contributed by atoms with Crippen LogP contribution in [0.15, 0.2) is 18.2 Å². The number of methoxy groups -OCH3 is 1. The van der Waals surface area contributed by atoms with Crippen molar-refractivity contribution in [2.75, 3.05) is 18.6 Å². The molecule has 0 bridgehead atoms. The molecule has 0 aliphatic carbocycles. The van der Waals surface area contributed by atoms with Crippen molar-refractivity contribution in [3.05, 3.63) is 29.3 Å². The first kappa shape index (κ1) is 13.1. The Morgan fingerprint density at radius 3 is 2.89 bits per heavy atom. The number of aryl methyl sites for hydroxylation is 1. The predicted molar refractivity (Wildman–Crippen MR) is 68.4 cm³/mol. The molecule has 1 aromatic carbocycles. The number of nitrogens with zero attached hydrogens (tertiary/aromatic N) is 2. The quantitative estimate of drug-likeness (QED) is 0.752. The van der Waals surface area contributed by atoms with E-state index in [0.29, 0.717) is 11.3 Å². The van der Waals surface area contributed by atoms with E-state index in [9.17, 15) is 14.9 Å². The molecule has 1 fully saturated rings. The van der Waals surface area contributed by atoms with Gasteiger partial charge in [0.05, 0.1) is 24.3 Å². The number of amides is 1. The zero-order valence-electron chi connectivity index (χ0n) is 10.8. The van der Waals surface area contributed by atoms with E-state index in [1.165, 1.54) is 12.0 Å². The molecule has 1 amide bonds. The van der Waals surface area contributed by atoms with E-state index in [1.807, 2.05) is 13.0 Å². The number of hydrogen-bond acceptors (Lipinski definition) is 4. The van der Waals surface area contributed by atoms with Gasteiger partial charge in [0.1, 0.15) is 6.07 Å². The summed E-state index contributed by atoms with van der Waals surface area (Å²) in [6, 6.07) is 7.45. The van der Waals surface area contributed by atoms with Crippen LogP contribution in [0.2, 0.25) is 0 Å². The maximum atomic E-state index is 12.0. The highest BCUT2D eigenvalue weighted by molar-refractivity contribution is 6.00. The van der Waals surface area contributed by atoms with Gasteiger partial charge in [-0.15, -0.1) is 0 Å². The lowest BCUT2D eigenvalue weighted by atomic mass is 10.1. The van der Waals surface area contributed by atoms with E-state index in [-0.39, 0.29) is 24.8 Å². The maximum absolute atomic E-state index is 12.0. The summed E-state index contributed by atoms with van der Waals surface area (Å²) in [5.41, 5.74) is 1.86. The first-order valence-corrected chi connectivity index (χ1v) is 5.96. The molecular formula is C14H14N2O3. The molecule has 0 saturated carbocycles. The van der Waals surface area contributed by atoms with Gasteiger partial charge >= 0.3 is 5.97 Å². The SMILES string of the molecule is COC(=O)C1CC(=O)N(c2cccc(C)c2C#N)C1. The summed E-state index contributed by atoms with van der Waals surface area (Å²) in [6.07, 6.45) is 0.130. The van der Waals surface area contributed by atoms with E-state index in [1.54, 1.807) is 12.1 Å². The normalized spacial score (nSPS) is 18.3. The summed E-state index contributed by atoms with van der Waals surface area (Å²) in [6.45, 7) is 2.09. The Kier molecular flexibility index (Phi) is 3.52. The number of hydrogen-bond donors (Lipinski definition) is 0. The van der Waals surface area contributed by atoms with Crippen molar-refractivity contribution >= 4 is 17.6 Å².